The van der Waals surface area contributed by atoms with Gasteiger partial charge in [0.2, 0.25) is 0 Å². The van der Waals surface area contributed by atoms with Crippen molar-refractivity contribution in [2.75, 3.05) is 41.4 Å². The van der Waals surface area contributed by atoms with Gasteiger partial charge >= 0.3 is 0 Å². The minimum atomic E-state index is 0.0997. The number of nitrogens with zero attached hydrogens (tertiary/aromatic N) is 4. The van der Waals surface area contributed by atoms with E-state index in [-0.39, 0.29) is 5.91 Å². The van der Waals surface area contributed by atoms with Gasteiger partial charge in [-0.15, -0.1) is 5.53 Å². The fourth-order valence-corrected chi connectivity index (χ4v) is 4.12. The number of piperazine rings is 1. The molecular formula is C25H27N7O. The number of benzene rings is 3. The van der Waals surface area contributed by atoms with Crippen LogP contribution in [0.3, 0.4) is 0 Å². The van der Waals surface area contributed by atoms with Crippen molar-refractivity contribution in [1.29, 1.82) is 0 Å². The maximum Gasteiger partial charge on any atom is 0.253 e. The molecule has 1 amide bonds. The van der Waals surface area contributed by atoms with E-state index in [0.717, 1.165) is 42.3 Å². The number of rotatable bonds is 6. The maximum atomic E-state index is 12.8. The van der Waals surface area contributed by atoms with E-state index in [2.05, 4.69) is 56.7 Å². The Morgan fingerprint density at radius 3 is 2.33 bits per heavy atom. The number of anilines is 3. The van der Waals surface area contributed by atoms with Crippen LogP contribution in [0.1, 0.15) is 15.9 Å². The summed E-state index contributed by atoms with van der Waals surface area (Å²) in [4.78, 5) is 17.0. The molecular weight excluding hydrogens is 414 g/mol. The fourth-order valence-electron chi connectivity index (χ4n) is 4.12. The second kappa shape index (κ2) is 9.62. The van der Waals surface area contributed by atoms with E-state index in [9.17, 15) is 4.79 Å². The second-order valence-electron chi connectivity index (χ2n) is 8.02. The highest BCUT2D eigenvalue weighted by atomic mass is 16.2. The molecule has 2 aliphatic rings. The van der Waals surface area contributed by atoms with Crippen molar-refractivity contribution in [2.45, 2.75) is 6.54 Å². The van der Waals surface area contributed by atoms with Crippen molar-refractivity contribution in [1.82, 2.24) is 16.0 Å². The molecule has 5 rings (SSSR count). The molecule has 3 aromatic rings. The van der Waals surface area contributed by atoms with Crippen LogP contribution < -0.4 is 26.3 Å². The van der Waals surface area contributed by atoms with Crippen LogP contribution in [0.2, 0.25) is 0 Å². The first-order valence-corrected chi connectivity index (χ1v) is 11.1. The lowest BCUT2D eigenvalue weighted by molar-refractivity contribution is 0.0747. The SMILES string of the molecule is O=C(c1ccccc1)N1CCN(c2ccc(N3C=NNN3)c(NCc3ccccc3)c2)CC1. The Morgan fingerprint density at radius 2 is 1.64 bits per heavy atom. The van der Waals surface area contributed by atoms with E-state index in [1.165, 1.54) is 5.56 Å². The Bertz CT molecular complexity index is 1110. The first kappa shape index (κ1) is 20.8. The van der Waals surface area contributed by atoms with Gasteiger partial charge in [0.25, 0.3) is 5.91 Å². The number of hydrazine groups is 2. The highest BCUT2D eigenvalue weighted by Gasteiger charge is 2.23. The molecule has 0 bridgehead atoms. The van der Waals surface area contributed by atoms with Gasteiger partial charge in [-0.2, -0.15) is 5.10 Å². The topological polar surface area (TPSA) is 75.2 Å². The molecule has 0 atom stereocenters. The number of amides is 1. The van der Waals surface area contributed by atoms with E-state index in [1.807, 2.05) is 58.4 Å². The van der Waals surface area contributed by atoms with Crippen LogP contribution in [0.4, 0.5) is 17.1 Å². The summed E-state index contributed by atoms with van der Waals surface area (Å²) in [5.74, 6) is 0.0997. The summed E-state index contributed by atoms with van der Waals surface area (Å²) >= 11 is 0. The van der Waals surface area contributed by atoms with E-state index in [4.69, 9.17) is 0 Å². The molecule has 0 aliphatic carbocycles. The summed E-state index contributed by atoms with van der Waals surface area (Å²) < 4.78 is 0. The molecule has 3 N–H and O–H groups in total. The first-order valence-electron chi connectivity index (χ1n) is 11.1. The molecule has 1 saturated heterocycles. The number of hydrazone groups is 1. The van der Waals surface area contributed by atoms with E-state index >= 15 is 0 Å². The minimum absolute atomic E-state index is 0.0997. The van der Waals surface area contributed by atoms with Crippen LogP contribution in [0.25, 0.3) is 0 Å². The summed E-state index contributed by atoms with van der Waals surface area (Å²) in [5.41, 5.74) is 10.8. The van der Waals surface area contributed by atoms with Crippen LogP contribution >= 0.6 is 0 Å². The van der Waals surface area contributed by atoms with Crippen LogP contribution in [0.5, 0.6) is 0 Å². The van der Waals surface area contributed by atoms with Crippen LogP contribution in [0, 0.1) is 0 Å². The molecule has 2 heterocycles. The van der Waals surface area contributed by atoms with Gasteiger partial charge in [0.05, 0.1) is 11.4 Å². The minimum Gasteiger partial charge on any atom is -0.379 e. The zero-order valence-corrected chi connectivity index (χ0v) is 18.3. The summed E-state index contributed by atoms with van der Waals surface area (Å²) in [7, 11) is 0. The molecule has 0 aromatic heterocycles. The van der Waals surface area contributed by atoms with Gasteiger partial charge in [0.1, 0.15) is 6.34 Å². The molecule has 168 valence electrons. The summed E-state index contributed by atoms with van der Waals surface area (Å²) in [6.45, 7) is 3.70. The lowest BCUT2D eigenvalue weighted by atomic mass is 10.1. The zero-order valence-electron chi connectivity index (χ0n) is 18.3. The van der Waals surface area contributed by atoms with Gasteiger partial charge in [-0.25, -0.2) is 10.5 Å². The number of hydrogen-bond acceptors (Lipinski definition) is 7. The van der Waals surface area contributed by atoms with E-state index in [0.29, 0.717) is 13.1 Å². The molecule has 3 aromatic carbocycles. The largest absolute Gasteiger partial charge is 0.379 e. The Kier molecular flexibility index (Phi) is 6.08. The van der Waals surface area contributed by atoms with Crippen molar-refractivity contribution in [2.24, 2.45) is 5.10 Å². The molecule has 1 fully saturated rings. The van der Waals surface area contributed by atoms with Crippen molar-refractivity contribution < 1.29 is 4.79 Å². The second-order valence-corrected chi connectivity index (χ2v) is 8.02. The molecule has 0 saturated carbocycles. The lowest BCUT2D eigenvalue weighted by Gasteiger charge is -2.36. The summed E-state index contributed by atoms with van der Waals surface area (Å²) in [6.07, 6.45) is 1.71. The number of nitrogens with one attached hydrogen (secondary N) is 3. The Morgan fingerprint density at radius 1 is 0.909 bits per heavy atom. The number of hydrogen-bond donors (Lipinski definition) is 3. The number of carbonyl (C=O) groups excluding carboxylic acids is 1. The summed E-state index contributed by atoms with van der Waals surface area (Å²) in [6, 6.07) is 26.2. The Hall–Kier alpha value is -4.04. The lowest BCUT2D eigenvalue weighted by Crippen LogP contribution is -2.48. The van der Waals surface area contributed by atoms with Crippen molar-refractivity contribution in [3.05, 3.63) is 90.0 Å². The quantitative estimate of drug-likeness (QED) is 0.546. The van der Waals surface area contributed by atoms with Gasteiger partial charge in [-0.05, 0) is 35.9 Å². The zero-order chi connectivity index (χ0) is 22.5. The Labute approximate surface area is 193 Å². The third-order valence-corrected chi connectivity index (χ3v) is 5.93. The van der Waals surface area contributed by atoms with Crippen molar-refractivity contribution in [3.63, 3.8) is 0 Å². The highest BCUT2D eigenvalue weighted by Crippen LogP contribution is 2.31. The maximum absolute atomic E-state index is 12.8. The van der Waals surface area contributed by atoms with Crippen LogP contribution in [0.15, 0.2) is 84.0 Å². The third-order valence-electron chi connectivity index (χ3n) is 5.93. The fraction of sp³-hybridized carbons (Fsp3) is 0.200. The predicted molar refractivity (Wildman–Crippen MR) is 132 cm³/mol. The van der Waals surface area contributed by atoms with Crippen LogP contribution in [-0.2, 0) is 6.54 Å². The smallest absolute Gasteiger partial charge is 0.253 e. The van der Waals surface area contributed by atoms with Gasteiger partial charge in [-0.3, -0.25) is 4.79 Å². The molecule has 33 heavy (non-hydrogen) atoms. The average Bonchev–Trinajstić information content (AvgIpc) is 3.43. The molecule has 0 spiro atoms. The van der Waals surface area contributed by atoms with Gasteiger partial charge in [-0.1, -0.05) is 48.5 Å². The van der Waals surface area contributed by atoms with Gasteiger partial charge in [0, 0.05) is 44.0 Å². The Balaban J connectivity index is 1.30. The van der Waals surface area contributed by atoms with E-state index in [1.54, 1.807) is 6.34 Å². The molecule has 2 aliphatic heterocycles. The molecule has 8 nitrogen and oxygen atoms in total. The van der Waals surface area contributed by atoms with Gasteiger partial charge in [0.15, 0.2) is 0 Å². The normalized spacial score (nSPS) is 15.5. The third kappa shape index (κ3) is 4.75. The highest BCUT2D eigenvalue weighted by molar-refractivity contribution is 5.94. The van der Waals surface area contributed by atoms with Crippen molar-refractivity contribution >= 4 is 29.3 Å². The monoisotopic (exact) mass is 441 g/mol. The molecule has 8 heteroatoms. The predicted octanol–water partition coefficient (Wildman–Crippen LogP) is 3.03. The van der Waals surface area contributed by atoms with Crippen molar-refractivity contribution in [3.8, 4) is 0 Å². The van der Waals surface area contributed by atoms with Crippen LogP contribution in [-0.4, -0.2) is 43.3 Å². The average molecular weight is 442 g/mol. The summed E-state index contributed by atoms with van der Waals surface area (Å²) in [5, 5.41) is 9.44. The molecule has 0 radical (unpaired) electrons. The molecule has 0 unspecified atom stereocenters. The first-order chi connectivity index (χ1) is 16.3. The van der Waals surface area contributed by atoms with Gasteiger partial charge < -0.3 is 15.1 Å². The number of carbonyl (C=O) groups is 1. The standard InChI is InChI=1S/C25H27N7O/c33-25(21-9-5-2-6-10-21)31-15-13-30(14-16-31)22-11-12-24(32-19-27-28-29-32)23(17-22)26-18-20-7-3-1-4-8-20/h1-12,17,19,26,28-29H,13-16,18H2. The van der Waals surface area contributed by atoms with E-state index < -0.39 is 0 Å².